The van der Waals surface area contributed by atoms with E-state index >= 15 is 0 Å². The summed E-state index contributed by atoms with van der Waals surface area (Å²) in [6.45, 7) is 1.59. The molecule has 12 heteroatoms. The fourth-order valence-corrected chi connectivity index (χ4v) is 1.69. The summed E-state index contributed by atoms with van der Waals surface area (Å²) >= 11 is 0. The van der Waals surface area contributed by atoms with Crippen LogP contribution >= 0.6 is 7.82 Å². The maximum atomic E-state index is 11.4. The number of aliphatic hydroxyl groups excluding tert-OH is 2. The molecule has 1 aromatic rings. The molecule has 4 atom stereocenters. The number of nitrogens with zero attached hydrogens (tertiary/aromatic N) is 1. The number of aliphatic hydroxyl groups is 2. The van der Waals surface area contributed by atoms with Crippen molar-refractivity contribution in [3.05, 3.63) is 33.1 Å². The van der Waals surface area contributed by atoms with Crippen LogP contribution < -0.4 is 11.2 Å². The Bertz CT molecular complexity index is 626. The van der Waals surface area contributed by atoms with Gasteiger partial charge < -0.3 is 29.6 Å². The van der Waals surface area contributed by atoms with Crippen molar-refractivity contribution in [2.24, 2.45) is 0 Å². The van der Waals surface area contributed by atoms with Crippen LogP contribution in [0.5, 0.6) is 0 Å². The predicted octanol–water partition coefficient (Wildman–Crippen LogP) is -2.75. The zero-order valence-corrected chi connectivity index (χ0v) is 11.6. The minimum Gasteiger partial charge on any atom is -0.388 e. The Balaban J connectivity index is 0.000000383. The van der Waals surface area contributed by atoms with Crippen molar-refractivity contribution >= 4 is 7.82 Å². The molecule has 0 saturated carbocycles. The van der Waals surface area contributed by atoms with Crippen LogP contribution in [0, 0.1) is 0 Å². The maximum Gasteiger partial charge on any atom is 0.466 e. The van der Waals surface area contributed by atoms with Gasteiger partial charge in [-0.05, 0) is 6.92 Å². The molecule has 2 rings (SSSR count). The Labute approximate surface area is 117 Å². The third kappa shape index (κ3) is 5.17. The van der Waals surface area contributed by atoms with Crippen LogP contribution in [0.15, 0.2) is 21.9 Å². The van der Waals surface area contributed by atoms with Gasteiger partial charge in [0.25, 0.3) is 5.56 Å². The molecule has 0 radical (unpaired) electrons. The van der Waals surface area contributed by atoms with Crippen LogP contribution in [-0.4, -0.2) is 52.8 Å². The molecule has 120 valence electrons. The molecule has 6 N–H and O–H groups in total. The van der Waals surface area contributed by atoms with Gasteiger partial charge in [-0.3, -0.25) is 14.3 Å². The van der Waals surface area contributed by atoms with Gasteiger partial charge in [-0.15, -0.1) is 0 Å². The molecule has 1 saturated heterocycles. The quantitative estimate of drug-likeness (QED) is 0.298. The van der Waals surface area contributed by atoms with Crippen LogP contribution in [0.1, 0.15) is 13.2 Å². The molecule has 0 spiro atoms. The van der Waals surface area contributed by atoms with E-state index < -0.39 is 43.6 Å². The molecular formula is C9H15N2O9P. The standard InChI is InChI=1S/C9H12N2O5.H3O4P/c1-4-6(13)7(14)8(16-4)11-3-2-5(12)10-9(11)15;1-5(2,3)4/h2-4,6-8,13-14H,1H3,(H,10,12,15);(H3,1,2,3,4)/t4-,6-,7-,8-;/m1./s1. The Hall–Kier alpha value is -1.33. The van der Waals surface area contributed by atoms with Crippen molar-refractivity contribution < 1.29 is 34.2 Å². The minimum atomic E-state index is -4.64. The van der Waals surface area contributed by atoms with Crippen LogP contribution in [-0.2, 0) is 9.30 Å². The van der Waals surface area contributed by atoms with E-state index in [0.717, 1.165) is 10.6 Å². The molecule has 2 heterocycles. The number of hydrogen-bond acceptors (Lipinski definition) is 6. The third-order valence-corrected chi connectivity index (χ3v) is 2.60. The summed E-state index contributed by atoms with van der Waals surface area (Å²) in [5.41, 5.74) is -1.21. The molecule has 1 aromatic heterocycles. The van der Waals surface area contributed by atoms with Gasteiger partial charge in [0, 0.05) is 12.3 Å². The minimum absolute atomic E-state index is 0.526. The Morgan fingerprint density at radius 3 is 2.14 bits per heavy atom. The highest BCUT2D eigenvalue weighted by molar-refractivity contribution is 7.45. The normalized spacial score (nSPS) is 28.9. The summed E-state index contributed by atoms with van der Waals surface area (Å²) in [6, 6.07) is 1.15. The monoisotopic (exact) mass is 326 g/mol. The molecule has 1 fully saturated rings. The average molecular weight is 326 g/mol. The van der Waals surface area contributed by atoms with Gasteiger partial charge in [0.2, 0.25) is 0 Å². The topological polar surface area (TPSA) is 182 Å². The second kappa shape index (κ2) is 6.62. The van der Waals surface area contributed by atoms with Gasteiger partial charge in [-0.25, -0.2) is 9.36 Å². The van der Waals surface area contributed by atoms with Crippen molar-refractivity contribution in [3.8, 4) is 0 Å². The first-order valence-corrected chi connectivity index (χ1v) is 7.18. The highest BCUT2D eigenvalue weighted by atomic mass is 31.2. The van der Waals surface area contributed by atoms with Crippen molar-refractivity contribution in [3.63, 3.8) is 0 Å². The zero-order chi connectivity index (χ0) is 16.4. The molecule has 21 heavy (non-hydrogen) atoms. The Morgan fingerprint density at radius 1 is 1.24 bits per heavy atom. The van der Waals surface area contributed by atoms with Crippen molar-refractivity contribution in [1.29, 1.82) is 0 Å². The number of ether oxygens (including phenoxy) is 1. The van der Waals surface area contributed by atoms with Crippen LogP contribution in [0.25, 0.3) is 0 Å². The van der Waals surface area contributed by atoms with Crippen LogP contribution in [0.2, 0.25) is 0 Å². The van der Waals surface area contributed by atoms with Crippen LogP contribution in [0.4, 0.5) is 0 Å². The lowest BCUT2D eigenvalue weighted by Gasteiger charge is -2.16. The van der Waals surface area contributed by atoms with E-state index in [4.69, 9.17) is 24.0 Å². The smallest absolute Gasteiger partial charge is 0.388 e. The number of aromatic nitrogens is 2. The molecule has 1 aliphatic rings. The summed E-state index contributed by atoms with van der Waals surface area (Å²) < 4.78 is 15.2. The molecule has 0 unspecified atom stereocenters. The molecule has 0 bridgehead atoms. The first-order chi connectivity index (χ1) is 9.50. The van der Waals surface area contributed by atoms with E-state index in [-0.39, 0.29) is 0 Å². The van der Waals surface area contributed by atoms with Crippen molar-refractivity contribution in [2.75, 3.05) is 0 Å². The summed E-state index contributed by atoms with van der Waals surface area (Å²) in [6.07, 6.45) is -2.57. The average Bonchev–Trinajstić information content (AvgIpc) is 2.55. The molecule has 11 nitrogen and oxygen atoms in total. The van der Waals surface area contributed by atoms with E-state index in [1.807, 2.05) is 4.98 Å². The second-order valence-electron chi connectivity index (χ2n) is 4.24. The van der Waals surface area contributed by atoms with Crippen molar-refractivity contribution in [1.82, 2.24) is 9.55 Å². The fraction of sp³-hybridized carbons (Fsp3) is 0.556. The molecule has 0 aliphatic carbocycles. The van der Waals surface area contributed by atoms with Crippen molar-refractivity contribution in [2.45, 2.75) is 31.5 Å². The third-order valence-electron chi connectivity index (χ3n) is 2.60. The Kier molecular flexibility index (Phi) is 5.59. The van der Waals surface area contributed by atoms with E-state index in [2.05, 4.69) is 0 Å². The van der Waals surface area contributed by atoms with Gasteiger partial charge in [0.15, 0.2) is 6.23 Å². The molecule has 1 aliphatic heterocycles. The fourth-order valence-electron chi connectivity index (χ4n) is 1.69. The summed E-state index contributed by atoms with van der Waals surface area (Å²) in [5, 5.41) is 19.1. The molecule has 0 amide bonds. The summed E-state index contributed by atoms with van der Waals surface area (Å²) in [4.78, 5) is 45.9. The largest absolute Gasteiger partial charge is 0.466 e. The Morgan fingerprint density at radius 2 is 1.76 bits per heavy atom. The predicted molar refractivity (Wildman–Crippen MR) is 67.2 cm³/mol. The number of hydrogen-bond donors (Lipinski definition) is 6. The number of phosphoric acid groups is 1. The number of H-pyrrole nitrogens is 1. The highest BCUT2D eigenvalue weighted by Gasteiger charge is 2.41. The van der Waals surface area contributed by atoms with E-state index in [9.17, 15) is 19.8 Å². The van der Waals surface area contributed by atoms with Crippen LogP contribution in [0.3, 0.4) is 0 Å². The number of aromatic amines is 1. The van der Waals surface area contributed by atoms with E-state index in [1.165, 1.54) is 6.20 Å². The number of nitrogens with one attached hydrogen (secondary N) is 1. The van der Waals surface area contributed by atoms with Gasteiger partial charge in [0.1, 0.15) is 12.2 Å². The molecular weight excluding hydrogens is 311 g/mol. The summed E-state index contributed by atoms with van der Waals surface area (Å²) in [7, 11) is -4.64. The first-order valence-electron chi connectivity index (χ1n) is 5.62. The van der Waals surface area contributed by atoms with Gasteiger partial charge in [-0.2, -0.15) is 0 Å². The lowest BCUT2D eigenvalue weighted by molar-refractivity contribution is -0.0351. The highest BCUT2D eigenvalue weighted by Crippen LogP contribution is 2.27. The number of rotatable bonds is 1. The van der Waals surface area contributed by atoms with Gasteiger partial charge >= 0.3 is 13.5 Å². The molecule has 0 aromatic carbocycles. The lowest BCUT2D eigenvalue weighted by atomic mass is 10.1. The maximum absolute atomic E-state index is 11.4. The van der Waals surface area contributed by atoms with E-state index in [0.29, 0.717) is 0 Å². The van der Waals surface area contributed by atoms with Gasteiger partial charge in [0.05, 0.1) is 6.10 Å². The first kappa shape index (κ1) is 17.7. The van der Waals surface area contributed by atoms with Gasteiger partial charge in [-0.1, -0.05) is 0 Å². The zero-order valence-electron chi connectivity index (χ0n) is 10.7. The second-order valence-corrected chi connectivity index (χ2v) is 5.27. The SMILES string of the molecule is C[C@H]1O[C@@H](n2ccc(=O)[nH]c2=O)[C@H](O)[C@@H]1O.O=P(O)(O)O. The summed E-state index contributed by atoms with van der Waals surface area (Å²) in [5.74, 6) is 0. The lowest BCUT2D eigenvalue weighted by Crippen LogP contribution is -2.37. The van der Waals surface area contributed by atoms with E-state index in [1.54, 1.807) is 6.92 Å².